The van der Waals surface area contributed by atoms with Crippen LogP contribution in [-0.4, -0.2) is 25.8 Å². The molecule has 3 nitrogen and oxygen atoms in total. The molecule has 0 aliphatic heterocycles. The molecule has 3 atom stereocenters. The largest absolute Gasteiger partial charge is 0.359 e. The number of carbonyl (C=O) groups is 1. The first-order valence-corrected chi connectivity index (χ1v) is 8.27. The van der Waals surface area contributed by atoms with Gasteiger partial charge >= 0.3 is 0 Å². The van der Waals surface area contributed by atoms with E-state index in [1.165, 1.54) is 25.7 Å². The summed E-state index contributed by atoms with van der Waals surface area (Å²) in [5.74, 6) is 1.10. The molecule has 0 saturated heterocycles. The van der Waals surface area contributed by atoms with E-state index in [-0.39, 0.29) is 16.9 Å². The van der Waals surface area contributed by atoms with Crippen LogP contribution in [0.15, 0.2) is 0 Å². The summed E-state index contributed by atoms with van der Waals surface area (Å²) >= 11 is 0. The maximum absolute atomic E-state index is 12.7. The van der Waals surface area contributed by atoms with Crippen LogP contribution in [0, 0.1) is 16.7 Å². The van der Waals surface area contributed by atoms with Gasteiger partial charge in [-0.1, -0.05) is 26.2 Å². The highest BCUT2D eigenvalue weighted by Crippen LogP contribution is 2.62. The van der Waals surface area contributed by atoms with Crippen molar-refractivity contribution in [1.29, 1.82) is 0 Å². The van der Waals surface area contributed by atoms with Crippen molar-refractivity contribution in [3.63, 3.8) is 0 Å². The Morgan fingerprint density at radius 2 is 1.90 bits per heavy atom. The minimum Gasteiger partial charge on any atom is -0.359 e. The normalized spacial score (nSPS) is 40.0. The first-order chi connectivity index (χ1) is 9.63. The van der Waals surface area contributed by atoms with Gasteiger partial charge in [0.25, 0.3) is 0 Å². The highest BCUT2D eigenvalue weighted by atomic mass is 16.7. The van der Waals surface area contributed by atoms with E-state index in [0.717, 1.165) is 32.1 Å². The number of hydrogen-bond acceptors (Lipinski definition) is 3. The number of methoxy groups -OCH3 is 1. The minimum absolute atomic E-state index is 0.00209. The third-order valence-electron chi connectivity index (χ3n) is 6.49. The number of ketones is 1. The second-order valence-corrected chi connectivity index (χ2v) is 7.34. The van der Waals surface area contributed by atoms with Gasteiger partial charge in [-0.25, -0.2) is 0 Å². The van der Waals surface area contributed by atoms with Gasteiger partial charge in [0.05, 0.1) is 6.10 Å². The molecular weight excluding hydrogens is 252 g/mol. The monoisotopic (exact) mass is 280 g/mol. The highest BCUT2D eigenvalue weighted by Gasteiger charge is 2.60. The molecule has 1 spiro atoms. The van der Waals surface area contributed by atoms with Crippen molar-refractivity contribution in [2.24, 2.45) is 16.7 Å². The molecule has 0 aromatic rings. The van der Waals surface area contributed by atoms with E-state index in [2.05, 4.69) is 6.92 Å². The lowest BCUT2D eigenvalue weighted by Gasteiger charge is -2.56. The summed E-state index contributed by atoms with van der Waals surface area (Å²) in [6, 6.07) is 0. The van der Waals surface area contributed by atoms with Crippen LogP contribution in [0.25, 0.3) is 0 Å². The van der Waals surface area contributed by atoms with E-state index in [1.807, 2.05) is 0 Å². The zero-order chi connectivity index (χ0) is 14.2. The standard InChI is InChI=1S/C17H28O3/c1-16-11-8-14(18)17(9-3-4-10-17)13(16)6-5-7-15(16)20-12-19-2/h13,15H,3-12H2,1-2H3/t13-,15+,16+/m1/s1. The van der Waals surface area contributed by atoms with Gasteiger partial charge in [-0.2, -0.15) is 0 Å². The van der Waals surface area contributed by atoms with Crippen molar-refractivity contribution in [1.82, 2.24) is 0 Å². The SMILES string of the molecule is COCO[C@H]1CCC[C@H]2C3(CCCC3)C(=O)CC[C@]12C. The second kappa shape index (κ2) is 5.42. The lowest BCUT2D eigenvalue weighted by molar-refractivity contribution is -0.184. The molecule has 114 valence electrons. The molecule has 3 heteroatoms. The molecule has 3 saturated carbocycles. The van der Waals surface area contributed by atoms with Gasteiger partial charge in [-0.15, -0.1) is 0 Å². The summed E-state index contributed by atoms with van der Waals surface area (Å²) in [5, 5.41) is 0. The summed E-state index contributed by atoms with van der Waals surface area (Å²) in [5.41, 5.74) is 0.178. The molecule has 3 rings (SSSR count). The number of carbonyl (C=O) groups excluding carboxylic acids is 1. The average Bonchev–Trinajstić information content (AvgIpc) is 2.92. The van der Waals surface area contributed by atoms with Crippen LogP contribution in [0.1, 0.15) is 64.7 Å². The molecule has 3 aliphatic carbocycles. The Morgan fingerprint density at radius 3 is 2.60 bits per heavy atom. The lowest BCUT2D eigenvalue weighted by atomic mass is 9.48. The fourth-order valence-corrected chi connectivity index (χ4v) is 5.52. The van der Waals surface area contributed by atoms with Gasteiger partial charge in [0.15, 0.2) is 0 Å². The summed E-state index contributed by atoms with van der Waals surface area (Å²) in [4.78, 5) is 12.7. The van der Waals surface area contributed by atoms with Crippen LogP contribution >= 0.6 is 0 Å². The van der Waals surface area contributed by atoms with Crippen molar-refractivity contribution >= 4 is 5.78 Å². The summed E-state index contributed by atoms with van der Waals surface area (Å²) in [7, 11) is 1.69. The Hall–Kier alpha value is -0.410. The van der Waals surface area contributed by atoms with Crippen LogP contribution in [-0.2, 0) is 14.3 Å². The van der Waals surface area contributed by atoms with E-state index in [9.17, 15) is 4.79 Å². The lowest BCUT2D eigenvalue weighted by Crippen LogP contribution is -2.56. The third kappa shape index (κ3) is 2.05. The Bertz CT molecular complexity index is 372. The summed E-state index contributed by atoms with van der Waals surface area (Å²) < 4.78 is 11.1. The Morgan fingerprint density at radius 1 is 1.15 bits per heavy atom. The maximum Gasteiger partial charge on any atom is 0.146 e. The van der Waals surface area contributed by atoms with Gasteiger partial charge in [-0.05, 0) is 43.4 Å². The van der Waals surface area contributed by atoms with Crippen molar-refractivity contribution in [3.05, 3.63) is 0 Å². The molecule has 0 aromatic carbocycles. The van der Waals surface area contributed by atoms with Gasteiger partial charge < -0.3 is 9.47 Å². The van der Waals surface area contributed by atoms with Gasteiger partial charge in [0.2, 0.25) is 0 Å². The first kappa shape index (κ1) is 14.5. The average molecular weight is 280 g/mol. The number of ether oxygens (including phenoxy) is 2. The summed E-state index contributed by atoms with van der Waals surface area (Å²) in [6.07, 6.45) is 10.3. The summed E-state index contributed by atoms with van der Waals surface area (Å²) in [6.45, 7) is 2.76. The zero-order valence-corrected chi connectivity index (χ0v) is 13.0. The molecule has 0 aromatic heterocycles. The smallest absolute Gasteiger partial charge is 0.146 e. The van der Waals surface area contributed by atoms with E-state index >= 15 is 0 Å². The number of rotatable bonds is 3. The zero-order valence-electron chi connectivity index (χ0n) is 13.0. The van der Waals surface area contributed by atoms with Crippen LogP contribution in [0.5, 0.6) is 0 Å². The molecule has 20 heavy (non-hydrogen) atoms. The fourth-order valence-electron chi connectivity index (χ4n) is 5.52. The fraction of sp³-hybridized carbons (Fsp3) is 0.941. The number of hydrogen-bond donors (Lipinski definition) is 0. The van der Waals surface area contributed by atoms with Crippen LogP contribution in [0.4, 0.5) is 0 Å². The Labute approximate surface area is 122 Å². The maximum atomic E-state index is 12.7. The minimum atomic E-state index is 0.00209. The molecule has 0 bridgehead atoms. The molecule has 3 fully saturated rings. The second-order valence-electron chi connectivity index (χ2n) is 7.34. The molecule has 3 aliphatic rings. The van der Waals surface area contributed by atoms with Crippen molar-refractivity contribution in [3.8, 4) is 0 Å². The van der Waals surface area contributed by atoms with Crippen molar-refractivity contribution in [2.45, 2.75) is 70.8 Å². The first-order valence-electron chi connectivity index (χ1n) is 8.27. The van der Waals surface area contributed by atoms with Crippen molar-refractivity contribution < 1.29 is 14.3 Å². The van der Waals surface area contributed by atoms with E-state index < -0.39 is 0 Å². The quantitative estimate of drug-likeness (QED) is 0.739. The molecular formula is C17H28O3. The predicted molar refractivity (Wildman–Crippen MR) is 77.3 cm³/mol. The number of Topliss-reactive ketones (excluding diaryl/α,β-unsaturated/α-hetero) is 1. The molecule has 0 amide bonds. The highest BCUT2D eigenvalue weighted by molar-refractivity contribution is 5.86. The predicted octanol–water partition coefficient (Wildman–Crippen LogP) is 3.71. The van der Waals surface area contributed by atoms with E-state index in [1.54, 1.807) is 7.11 Å². The van der Waals surface area contributed by atoms with Crippen molar-refractivity contribution in [2.75, 3.05) is 13.9 Å². The van der Waals surface area contributed by atoms with Crippen LogP contribution in [0.3, 0.4) is 0 Å². The van der Waals surface area contributed by atoms with Crippen LogP contribution < -0.4 is 0 Å². The number of fused-ring (bicyclic) bond motifs is 2. The third-order valence-corrected chi connectivity index (χ3v) is 6.49. The Balaban J connectivity index is 1.88. The molecule has 0 heterocycles. The van der Waals surface area contributed by atoms with E-state index in [0.29, 0.717) is 18.5 Å². The molecule has 0 unspecified atom stereocenters. The van der Waals surface area contributed by atoms with Gasteiger partial charge in [0, 0.05) is 18.9 Å². The van der Waals surface area contributed by atoms with E-state index in [4.69, 9.17) is 9.47 Å². The Kier molecular flexibility index (Phi) is 3.93. The van der Waals surface area contributed by atoms with Gasteiger partial charge in [-0.3, -0.25) is 4.79 Å². The molecule has 0 radical (unpaired) electrons. The molecule has 0 N–H and O–H groups in total. The topological polar surface area (TPSA) is 35.5 Å². The van der Waals surface area contributed by atoms with Gasteiger partial charge in [0.1, 0.15) is 12.6 Å². The van der Waals surface area contributed by atoms with Crippen LogP contribution in [0.2, 0.25) is 0 Å².